The molecular formula is C16H14ClNO2. The molecular weight excluding hydrogens is 274 g/mol. The fourth-order valence-corrected chi connectivity index (χ4v) is 2.73. The van der Waals surface area contributed by atoms with E-state index in [-0.39, 0.29) is 11.8 Å². The molecule has 0 spiro atoms. The largest absolute Gasteiger partial charge is 0.494 e. The number of benzene rings is 2. The number of ether oxygens (including phenoxy) is 1. The molecule has 3 rings (SSSR count). The van der Waals surface area contributed by atoms with Crippen molar-refractivity contribution in [3.05, 3.63) is 58.6 Å². The van der Waals surface area contributed by atoms with Crippen molar-refractivity contribution in [2.75, 3.05) is 11.9 Å². The molecule has 1 aliphatic rings. The highest BCUT2D eigenvalue weighted by molar-refractivity contribution is 6.31. The first kappa shape index (κ1) is 13.0. The quantitative estimate of drug-likeness (QED) is 0.932. The van der Waals surface area contributed by atoms with Crippen LogP contribution < -0.4 is 10.1 Å². The van der Waals surface area contributed by atoms with Crippen molar-refractivity contribution >= 4 is 23.2 Å². The number of carbonyl (C=O) groups is 1. The van der Waals surface area contributed by atoms with Gasteiger partial charge < -0.3 is 10.1 Å². The van der Waals surface area contributed by atoms with Crippen LogP contribution >= 0.6 is 11.6 Å². The van der Waals surface area contributed by atoms with Gasteiger partial charge in [-0.05, 0) is 36.8 Å². The van der Waals surface area contributed by atoms with Crippen LogP contribution in [0.4, 0.5) is 5.69 Å². The van der Waals surface area contributed by atoms with Crippen LogP contribution in [0.15, 0.2) is 42.5 Å². The molecule has 0 saturated carbocycles. The first-order valence-corrected chi connectivity index (χ1v) is 6.90. The Labute approximate surface area is 122 Å². The third kappa shape index (κ3) is 2.14. The minimum Gasteiger partial charge on any atom is -0.494 e. The predicted octanol–water partition coefficient (Wildman–Crippen LogP) is 3.82. The zero-order chi connectivity index (χ0) is 14.1. The molecule has 4 heteroatoms. The number of fused-ring (bicyclic) bond motifs is 1. The van der Waals surface area contributed by atoms with Crippen LogP contribution in [0.1, 0.15) is 24.0 Å². The average molecular weight is 288 g/mol. The van der Waals surface area contributed by atoms with Crippen molar-refractivity contribution in [1.29, 1.82) is 0 Å². The summed E-state index contributed by atoms with van der Waals surface area (Å²) >= 11 is 6.05. The summed E-state index contributed by atoms with van der Waals surface area (Å²) in [6.07, 6.45) is 0. The van der Waals surface area contributed by atoms with Crippen LogP contribution in [0.3, 0.4) is 0 Å². The van der Waals surface area contributed by atoms with Gasteiger partial charge in [-0.25, -0.2) is 0 Å². The highest BCUT2D eigenvalue weighted by atomic mass is 35.5. The topological polar surface area (TPSA) is 38.3 Å². The summed E-state index contributed by atoms with van der Waals surface area (Å²) in [6.45, 7) is 2.49. The molecule has 3 nitrogen and oxygen atoms in total. The molecule has 0 fully saturated rings. The zero-order valence-corrected chi connectivity index (χ0v) is 11.8. The molecule has 1 amide bonds. The Hall–Kier alpha value is -2.00. The van der Waals surface area contributed by atoms with Gasteiger partial charge in [0, 0.05) is 16.3 Å². The Morgan fingerprint density at radius 2 is 2.00 bits per heavy atom. The fourth-order valence-electron chi connectivity index (χ4n) is 2.55. The van der Waals surface area contributed by atoms with Crippen LogP contribution in [0, 0.1) is 0 Å². The molecule has 102 valence electrons. The second-order valence-corrected chi connectivity index (χ2v) is 5.06. The summed E-state index contributed by atoms with van der Waals surface area (Å²) in [5.74, 6) is 0.323. The number of carbonyl (C=O) groups excluding carboxylic acids is 1. The van der Waals surface area contributed by atoms with Gasteiger partial charge in [0.1, 0.15) is 5.75 Å². The number of anilines is 1. The van der Waals surface area contributed by atoms with Crippen molar-refractivity contribution in [2.24, 2.45) is 0 Å². The number of halogens is 1. The lowest BCUT2D eigenvalue weighted by Crippen LogP contribution is -2.14. The molecule has 1 N–H and O–H groups in total. The maximum atomic E-state index is 12.3. The van der Waals surface area contributed by atoms with Gasteiger partial charge in [-0.15, -0.1) is 0 Å². The van der Waals surface area contributed by atoms with E-state index in [0.717, 1.165) is 22.6 Å². The molecule has 2 aromatic carbocycles. The Kier molecular flexibility index (Phi) is 3.36. The van der Waals surface area contributed by atoms with Gasteiger partial charge in [0.15, 0.2) is 0 Å². The third-order valence-electron chi connectivity index (χ3n) is 3.37. The third-order valence-corrected chi connectivity index (χ3v) is 3.61. The lowest BCUT2D eigenvalue weighted by Gasteiger charge is -2.14. The van der Waals surface area contributed by atoms with E-state index in [2.05, 4.69) is 5.32 Å². The Bertz CT molecular complexity index is 669. The van der Waals surface area contributed by atoms with E-state index in [1.807, 2.05) is 43.3 Å². The van der Waals surface area contributed by atoms with Gasteiger partial charge in [-0.2, -0.15) is 0 Å². The Balaban J connectivity index is 2.12. The maximum absolute atomic E-state index is 12.3. The minimum absolute atomic E-state index is 0.0468. The molecule has 0 aliphatic carbocycles. The Morgan fingerprint density at radius 1 is 1.20 bits per heavy atom. The van der Waals surface area contributed by atoms with Crippen molar-refractivity contribution in [3.63, 3.8) is 0 Å². The highest BCUT2D eigenvalue weighted by Crippen LogP contribution is 2.41. The van der Waals surface area contributed by atoms with Crippen LogP contribution in [0.5, 0.6) is 5.75 Å². The molecule has 1 heterocycles. The van der Waals surface area contributed by atoms with Gasteiger partial charge in [0.2, 0.25) is 5.91 Å². The summed E-state index contributed by atoms with van der Waals surface area (Å²) < 4.78 is 5.63. The summed E-state index contributed by atoms with van der Waals surface area (Å²) in [5, 5.41) is 3.51. The van der Waals surface area contributed by atoms with E-state index in [0.29, 0.717) is 11.6 Å². The van der Waals surface area contributed by atoms with Gasteiger partial charge in [-0.1, -0.05) is 29.8 Å². The zero-order valence-electron chi connectivity index (χ0n) is 11.0. The normalized spacial score (nSPS) is 16.7. The number of hydrogen-bond acceptors (Lipinski definition) is 2. The summed E-state index contributed by atoms with van der Waals surface area (Å²) in [4.78, 5) is 12.3. The molecule has 1 atom stereocenters. The first-order chi connectivity index (χ1) is 9.70. The van der Waals surface area contributed by atoms with Gasteiger partial charge in [-0.3, -0.25) is 4.79 Å². The lowest BCUT2D eigenvalue weighted by atomic mass is 9.92. The molecule has 0 bridgehead atoms. The number of hydrogen-bond donors (Lipinski definition) is 1. The standard InChI is InChI=1S/C16H14ClNO2/c1-2-20-14-6-4-3-5-11(14)15-12-9-10(17)7-8-13(12)18-16(15)19/h3-9,15H,2H2,1H3,(H,18,19). The lowest BCUT2D eigenvalue weighted by molar-refractivity contribution is -0.116. The van der Waals surface area contributed by atoms with E-state index in [1.54, 1.807) is 6.07 Å². The molecule has 0 aromatic heterocycles. The van der Waals surface area contributed by atoms with Crippen molar-refractivity contribution in [1.82, 2.24) is 0 Å². The summed E-state index contributed by atoms with van der Waals surface area (Å²) in [7, 11) is 0. The van der Waals surface area contributed by atoms with Crippen LogP contribution in [0.25, 0.3) is 0 Å². The molecule has 1 unspecified atom stereocenters. The molecule has 2 aromatic rings. The van der Waals surface area contributed by atoms with Crippen molar-refractivity contribution in [2.45, 2.75) is 12.8 Å². The molecule has 20 heavy (non-hydrogen) atoms. The van der Waals surface area contributed by atoms with Gasteiger partial charge in [0.25, 0.3) is 0 Å². The first-order valence-electron chi connectivity index (χ1n) is 6.52. The molecule has 1 aliphatic heterocycles. The average Bonchev–Trinajstić information content (AvgIpc) is 2.75. The van der Waals surface area contributed by atoms with Gasteiger partial charge >= 0.3 is 0 Å². The fraction of sp³-hybridized carbons (Fsp3) is 0.188. The number of para-hydroxylation sites is 1. The van der Waals surface area contributed by atoms with E-state index in [4.69, 9.17) is 16.3 Å². The monoisotopic (exact) mass is 287 g/mol. The smallest absolute Gasteiger partial charge is 0.236 e. The molecule has 0 saturated heterocycles. The second kappa shape index (κ2) is 5.17. The van der Waals surface area contributed by atoms with Crippen LogP contribution in [0.2, 0.25) is 5.02 Å². The maximum Gasteiger partial charge on any atom is 0.236 e. The van der Waals surface area contributed by atoms with E-state index < -0.39 is 0 Å². The summed E-state index contributed by atoms with van der Waals surface area (Å²) in [6, 6.07) is 13.1. The van der Waals surface area contributed by atoms with Crippen molar-refractivity contribution in [3.8, 4) is 5.75 Å². The van der Waals surface area contributed by atoms with E-state index >= 15 is 0 Å². The number of amides is 1. The van der Waals surface area contributed by atoms with Crippen molar-refractivity contribution < 1.29 is 9.53 Å². The second-order valence-electron chi connectivity index (χ2n) is 4.62. The SMILES string of the molecule is CCOc1ccccc1C1C(=O)Nc2ccc(Cl)cc21. The Morgan fingerprint density at radius 3 is 2.80 bits per heavy atom. The van der Waals surface area contributed by atoms with Crippen LogP contribution in [-0.2, 0) is 4.79 Å². The van der Waals surface area contributed by atoms with Gasteiger partial charge in [0.05, 0.1) is 12.5 Å². The van der Waals surface area contributed by atoms with E-state index in [1.165, 1.54) is 0 Å². The number of rotatable bonds is 3. The van der Waals surface area contributed by atoms with E-state index in [9.17, 15) is 4.79 Å². The minimum atomic E-state index is -0.369. The summed E-state index contributed by atoms with van der Waals surface area (Å²) in [5.41, 5.74) is 2.58. The predicted molar refractivity (Wildman–Crippen MR) is 79.5 cm³/mol. The van der Waals surface area contributed by atoms with Crippen LogP contribution in [-0.4, -0.2) is 12.5 Å². The molecule has 0 radical (unpaired) electrons. The number of nitrogens with one attached hydrogen (secondary N) is 1. The highest BCUT2D eigenvalue weighted by Gasteiger charge is 2.33.